The maximum Gasteiger partial charge on any atom is 0.270 e. The zero-order valence-corrected chi connectivity index (χ0v) is 11.3. The fourth-order valence-electron chi connectivity index (χ4n) is 2.49. The van der Waals surface area contributed by atoms with E-state index in [1.807, 2.05) is 0 Å². The molecule has 0 aliphatic heterocycles. The van der Waals surface area contributed by atoms with Crippen LogP contribution in [-0.2, 0) is 0 Å². The molecule has 0 heterocycles. The minimum absolute atomic E-state index is 0.107. The molecule has 1 amide bonds. The van der Waals surface area contributed by atoms with E-state index in [9.17, 15) is 20.0 Å². The van der Waals surface area contributed by atoms with Gasteiger partial charge >= 0.3 is 0 Å². The molecule has 0 aromatic heterocycles. The molecule has 6 nitrogen and oxygen atoms in total. The van der Waals surface area contributed by atoms with Crippen LogP contribution in [0.2, 0.25) is 0 Å². The lowest BCUT2D eigenvalue weighted by molar-refractivity contribution is -0.384. The normalized spacial score (nSPS) is 22.3. The van der Waals surface area contributed by atoms with Gasteiger partial charge in [-0.2, -0.15) is 0 Å². The summed E-state index contributed by atoms with van der Waals surface area (Å²) in [6, 6.07) is 3.95. The van der Waals surface area contributed by atoms with Crippen LogP contribution < -0.4 is 5.32 Å². The number of nitro groups is 1. The Hall–Kier alpha value is -1.95. The lowest BCUT2D eigenvalue weighted by Gasteiger charge is -2.28. The molecule has 2 atom stereocenters. The van der Waals surface area contributed by atoms with E-state index in [4.69, 9.17) is 0 Å². The highest BCUT2D eigenvalue weighted by molar-refractivity contribution is 5.96. The van der Waals surface area contributed by atoms with Gasteiger partial charge in [0, 0.05) is 17.7 Å². The average molecular weight is 278 g/mol. The highest BCUT2D eigenvalue weighted by Gasteiger charge is 2.25. The van der Waals surface area contributed by atoms with E-state index in [1.165, 1.54) is 12.1 Å². The zero-order chi connectivity index (χ0) is 14.7. The molecule has 1 saturated carbocycles. The number of benzene rings is 1. The number of rotatable bonds is 3. The second kappa shape index (κ2) is 6.00. The lowest BCUT2D eigenvalue weighted by atomic mass is 9.92. The number of non-ortho nitro benzene ring substituents is 1. The van der Waals surface area contributed by atoms with Crippen LogP contribution in [0.4, 0.5) is 5.69 Å². The summed E-state index contributed by atoms with van der Waals surface area (Å²) in [6.07, 6.45) is 2.81. The van der Waals surface area contributed by atoms with Crippen LogP contribution in [0, 0.1) is 17.0 Å². The number of nitro benzene ring substituents is 1. The molecule has 2 unspecified atom stereocenters. The second-order valence-corrected chi connectivity index (χ2v) is 5.19. The van der Waals surface area contributed by atoms with E-state index in [1.54, 1.807) is 13.0 Å². The van der Waals surface area contributed by atoms with Crippen molar-refractivity contribution in [3.05, 3.63) is 39.4 Å². The van der Waals surface area contributed by atoms with Crippen LogP contribution in [0.5, 0.6) is 0 Å². The van der Waals surface area contributed by atoms with Gasteiger partial charge in [0.25, 0.3) is 11.6 Å². The maximum absolute atomic E-state index is 12.2. The molecular formula is C14H18N2O4. The number of carbonyl (C=O) groups is 1. The average Bonchev–Trinajstić information content (AvgIpc) is 2.41. The Balaban J connectivity index is 2.16. The highest BCUT2D eigenvalue weighted by atomic mass is 16.6. The first-order valence-corrected chi connectivity index (χ1v) is 6.73. The van der Waals surface area contributed by atoms with E-state index < -0.39 is 11.0 Å². The van der Waals surface area contributed by atoms with Crippen molar-refractivity contribution in [3.63, 3.8) is 0 Å². The molecule has 108 valence electrons. The first-order valence-electron chi connectivity index (χ1n) is 6.73. The number of aliphatic hydroxyl groups is 1. The van der Waals surface area contributed by atoms with E-state index in [-0.39, 0.29) is 23.2 Å². The van der Waals surface area contributed by atoms with Gasteiger partial charge < -0.3 is 10.4 Å². The monoisotopic (exact) mass is 278 g/mol. The van der Waals surface area contributed by atoms with Gasteiger partial charge in [0.15, 0.2) is 0 Å². The molecule has 0 radical (unpaired) electrons. The van der Waals surface area contributed by atoms with Gasteiger partial charge in [0.2, 0.25) is 0 Å². The Labute approximate surface area is 117 Å². The predicted octanol–water partition coefficient (Wildman–Crippen LogP) is 1.94. The Morgan fingerprint density at radius 3 is 2.75 bits per heavy atom. The van der Waals surface area contributed by atoms with Crippen LogP contribution in [0.15, 0.2) is 18.2 Å². The summed E-state index contributed by atoms with van der Waals surface area (Å²) in [7, 11) is 0. The molecule has 6 heteroatoms. The molecular weight excluding hydrogens is 260 g/mol. The van der Waals surface area contributed by atoms with Crippen molar-refractivity contribution in [1.29, 1.82) is 0 Å². The number of aliphatic hydroxyl groups excluding tert-OH is 1. The van der Waals surface area contributed by atoms with Crippen molar-refractivity contribution in [2.75, 3.05) is 0 Å². The largest absolute Gasteiger partial charge is 0.391 e. The van der Waals surface area contributed by atoms with Crippen molar-refractivity contribution >= 4 is 11.6 Å². The van der Waals surface area contributed by atoms with Crippen LogP contribution in [0.1, 0.15) is 41.6 Å². The van der Waals surface area contributed by atoms with Gasteiger partial charge in [-0.25, -0.2) is 0 Å². The molecule has 0 saturated heterocycles. The molecule has 2 N–H and O–H groups in total. The van der Waals surface area contributed by atoms with Gasteiger partial charge in [-0.15, -0.1) is 0 Å². The highest BCUT2D eigenvalue weighted by Crippen LogP contribution is 2.21. The van der Waals surface area contributed by atoms with Crippen LogP contribution in [-0.4, -0.2) is 28.1 Å². The molecule has 1 aliphatic rings. The Morgan fingerprint density at radius 1 is 1.40 bits per heavy atom. The fourth-order valence-corrected chi connectivity index (χ4v) is 2.49. The van der Waals surface area contributed by atoms with Crippen molar-refractivity contribution in [3.8, 4) is 0 Å². The van der Waals surface area contributed by atoms with Crippen molar-refractivity contribution < 1.29 is 14.8 Å². The SMILES string of the molecule is Cc1ccc([N+](=O)[O-])cc1C(=O)NC1CCCCC1O. The first kappa shape index (κ1) is 14.5. The van der Waals surface area contributed by atoms with Gasteiger partial charge in [-0.05, 0) is 25.3 Å². The summed E-state index contributed by atoms with van der Waals surface area (Å²) in [5.74, 6) is -0.364. The van der Waals surface area contributed by atoms with Gasteiger partial charge in [-0.1, -0.05) is 18.9 Å². The number of hydrogen-bond acceptors (Lipinski definition) is 4. The summed E-state index contributed by atoms with van der Waals surface area (Å²) in [6.45, 7) is 1.73. The third-order valence-electron chi connectivity index (χ3n) is 3.72. The third-order valence-corrected chi connectivity index (χ3v) is 3.72. The topological polar surface area (TPSA) is 92.5 Å². The zero-order valence-electron chi connectivity index (χ0n) is 11.3. The lowest BCUT2D eigenvalue weighted by Crippen LogP contribution is -2.45. The van der Waals surface area contributed by atoms with Crippen molar-refractivity contribution in [2.24, 2.45) is 0 Å². The minimum atomic E-state index is -0.535. The number of hydrogen-bond donors (Lipinski definition) is 2. The number of nitrogens with zero attached hydrogens (tertiary/aromatic N) is 1. The molecule has 0 bridgehead atoms. The van der Waals surface area contributed by atoms with E-state index >= 15 is 0 Å². The summed E-state index contributed by atoms with van der Waals surface area (Å²) >= 11 is 0. The van der Waals surface area contributed by atoms with E-state index in [2.05, 4.69) is 5.32 Å². The molecule has 20 heavy (non-hydrogen) atoms. The predicted molar refractivity (Wildman–Crippen MR) is 73.6 cm³/mol. The molecule has 1 aromatic rings. The quantitative estimate of drug-likeness (QED) is 0.652. The minimum Gasteiger partial charge on any atom is -0.391 e. The molecule has 0 spiro atoms. The van der Waals surface area contributed by atoms with Crippen molar-refractivity contribution in [2.45, 2.75) is 44.8 Å². The fraction of sp³-hybridized carbons (Fsp3) is 0.500. The summed E-state index contributed by atoms with van der Waals surface area (Å²) in [4.78, 5) is 22.5. The Kier molecular flexibility index (Phi) is 4.34. The number of nitrogens with one attached hydrogen (secondary N) is 1. The molecule has 1 fully saturated rings. The summed E-state index contributed by atoms with van der Waals surface area (Å²) in [5.41, 5.74) is 0.861. The number of carbonyl (C=O) groups excluding carboxylic acids is 1. The smallest absolute Gasteiger partial charge is 0.270 e. The molecule has 2 rings (SSSR count). The molecule has 1 aromatic carbocycles. The van der Waals surface area contributed by atoms with E-state index in [0.717, 1.165) is 19.3 Å². The third kappa shape index (κ3) is 3.14. The maximum atomic E-state index is 12.2. The van der Waals surface area contributed by atoms with Gasteiger partial charge in [0.1, 0.15) is 0 Å². The van der Waals surface area contributed by atoms with Crippen LogP contribution in [0.3, 0.4) is 0 Å². The number of amides is 1. The standard InChI is InChI=1S/C14H18N2O4/c1-9-6-7-10(16(19)20)8-11(9)14(18)15-12-4-2-3-5-13(12)17/h6-8,12-13,17H,2-5H2,1H3,(H,15,18). The molecule has 1 aliphatic carbocycles. The number of aryl methyl sites for hydroxylation is 1. The van der Waals surface area contributed by atoms with Gasteiger partial charge in [0.05, 0.1) is 17.1 Å². The van der Waals surface area contributed by atoms with Crippen molar-refractivity contribution in [1.82, 2.24) is 5.32 Å². The van der Waals surface area contributed by atoms with E-state index in [0.29, 0.717) is 12.0 Å². The summed E-state index contributed by atoms with van der Waals surface area (Å²) in [5, 5.41) is 23.4. The Morgan fingerprint density at radius 2 is 2.10 bits per heavy atom. The van der Waals surface area contributed by atoms with Crippen LogP contribution in [0.25, 0.3) is 0 Å². The second-order valence-electron chi connectivity index (χ2n) is 5.19. The summed E-state index contributed by atoms with van der Waals surface area (Å²) < 4.78 is 0. The Bertz CT molecular complexity index is 530. The van der Waals surface area contributed by atoms with Gasteiger partial charge in [-0.3, -0.25) is 14.9 Å². The first-order chi connectivity index (χ1) is 9.49. The van der Waals surface area contributed by atoms with Crippen LogP contribution >= 0.6 is 0 Å².